The number of carboxylic acids is 1. The Labute approximate surface area is 115 Å². The van der Waals surface area contributed by atoms with Gasteiger partial charge in [-0.25, -0.2) is 0 Å². The molecule has 2 fully saturated rings. The first-order valence-corrected chi connectivity index (χ1v) is 7.21. The van der Waals surface area contributed by atoms with Gasteiger partial charge in [0.05, 0.1) is 0 Å². The molecule has 1 saturated carbocycles. The van der Waals surface area contributed by atoms with Crippen molar-refractivity contribution in [3.8, 4) is 0 Å². The minimum Gasteiger partial charge on any atom is -0.480 e. The van der Waals surface area contributed by atoms with E-state index in [0.29, 0.717) is 24.4 Å². The lowest BCUT2D eigenvalue weighted by molar-refractivity contribution is -0.146. The monoisotopic (exact) mass is 269 g/mol. The van der Waals surface area contributed by atoms with E-state index in [2.05, 4.69) is 36.1 Å². The summed E-state index contributed by atoms with van der Waals surface area (Å²) in [6.07, 6.45) is 2.07. The summed E-state index contributed by atoms with van der Waals surface area (Å²) < 4.78 is 0. The van der Waals surface area contributed by atoms with Crippen molar-refractivity contribution in [1.29, 1.82) is 0 Å². The summed E-state index contributed by atoms with van der Waals surface area (Å²) in [5.41, 5.74) is -0.749. The van der Waals surface area contributed by atoms with Gasteiger partial charge in [0.1, 0.15) is 5.54 Å². The molecule has 0 aromatic heterocycles. The number of hydrogen-bond donors (Lipinski definition) is 2. The zero-order chi connectivity index (χ0) is 14.2. The van der Waals surface area contributed by atoms with E-state index in [0.717, 1.165) is 25.9 Å². The third-order valence-corrected chi connectivity index (χ3v) is 4.89. The summed E-state index contributed by atoms with van der Waals surface area (Å²) in [7, 11) is 6.00. The van der Waals surface area contributed by atoms with Gasteiger partial charge in [0.25, 0.3) is 0 Å². The Morgan fingerprint density at radius 3 is 2.42 bits per heavy atom. The van der Waals surface area contributed by atoms with Gasteiger partial charge in [-0.1, -0.05) is 6.92 Å². The van der Waals surface area contributed by atoms with Crippen LogP contribution in [0.4, 0.5) is 0 Å². The number of carboxylic acid groups (broad SMARTS) is 1. The first-order chi connectivity index (χ1) is 8.90. The number of hydrogen-bond acceptors (Lipinski definition) is 4. The van der Waals surface area contributed by atoms with Gasteiger partial charge < -0.3 is 15.3 Å². The van der Waals surface area contributed by atoms with Gasteiger partial charge in [-0.05, 0) is 45.8 Å². The summed E-state index contributed by atoms with van der Waals surface area (Å²) in [5.74, 6) is 0.194. The molecule has 110 valence electrons. The predicted molar refractivity (Wildman–Crippen MR) is 75.2 cm³/mol. The van der Waals surface area contributed by atoms with Crippen LogP contribution in [0.1, 0.15) is 19.8 Å². The molecule has 0 radical (unpaired) electrons. The van der Waals surface area contributed by atoms with Crippen LogP contribution in [0.5, 0.6) is 0 Å². The van der Waals surface area contributed by atoms with Crippen LogP contribution in [0.3, 0.4) is 0 Å². The van der Waals surface area contributed by atoms with E-state index in [4.69, 9.17) is 0 Å². The molecule has 19 heavy (non-hydrogen) atoms. The molecule has 1 saturated heterocycles. The molecular weight excluding hydrogens is 242 g/mol. The smallest absolute Gasteiger partial charge is 0.325 e. The minimum atomic E-state index is -0.749. The van der Waals surface area contributed by atoms with Crippen LogP contribution in [0.15, 0.2) is 0 Å². The summed E-state index contributed by atoms with van der Waals surface area (Å²) in [6.45, 7) is 4.84. The first-order valence-electron chi connectivity index (χ1n) is 7.21. The Hall–Kier alpha value is -0.650. The Morgan fingerprint density at radius 2 is 2.05 bits per heavy atom. The van der Waals surface area contributed by atoms with Crippen molar-refractivity contribution in [3.05, 3.63) is 0 Å². The maximum Gasteiger partial charge on any atom is 0.325 e. The second-order valence-electron chi connectivity index (χ2n) is 6.50. The van der Waals surface area contributed by atoms with Crippen LogP contribution >= 0.6 is 0 Å². The second-order valence-corrected chi connectivity index (χ2v) is 6.50. The lowest BCUT2D eigenvalue weighted by atomic mass is 9.92. The average molecular weight is 269 g/mol. The van der Waals surface area contributed by atoms with Crippen LogP contribution in [0.2, 0.25) is 0 Å². The Balaban J connectivity index is 2.05. The SMILES string of the molecule is CNC(CN1CC(C)C(N(C)C)C1)(C(=O)O)C1CC1. The van der Waals surface area contributed by atoms with Crippen LogP contribution in [0, 0.1) is 11.8 Å². The molecule has 5 heteroatoms. The third-order valence-electron chi connectivity index (χ3n) is 4.89. The molecule has 0 aromatic rings. The topological polar surface area (TPSA) is 55.8 Å². The highest BCUT2D eigenvalue weighted by Crippen LogP contribution is 2.41. The van der Waals surface area contributed by atoms with Crippen molar-refractivity contribution in [1.82, 2.24) is 15.1 Å². The zero-order valence-corrected chi connectivity index (χ0v) is 12.5. The van der Waals surface area contributed by atoms with Crippen LogP contribution in [-0.2, 0) is 4.79 Å². The summed E-state index contributed by atoms with van der Waals surface area (Å²) in [4.78, 5) is 16.3. The molecule has 2 rings (SSSR count). The molecule has 3 unspecified atom stereocenters. The number of carbonyl (C=O) groups is 1. The van der Waals surface area contributed by atoms with Gasteiger partial charge in [0.2, 0.25) is 0 Å². The van der Waals surface area contributed by atoms with E-state index in [-0.39, 0.29) is 0 Å². The van der Waals surface area contributed by atoms with E-state index >= 15 is 0 Å². The number of likely N-dealkylation sites (tertiary alicyclic amines) is 1. The van der Waals surface area contributed by atoms with Gasteiger partial charge in [-0.3, -0.25) is 9.69 Å². The highest BCUT2D eigenvalue weighted by Gasteiger charge is 2.52. The predicted octanol–water partition coefficient (Wildman–Crippen LogP) is 0.321. The van der Waals surface area contributed by atoms with Gasteiger partial charge in [-0.2, -0.15) is 0 Å². The number of nitrogens with one attached hydrogen (secondary N) is 1. The molecule has 2 aliphatic rings. The van der Waals surface area contributed by atoms with Gasteiger partial charge >= 0.3 is 5.97 Å². The van der Waals surface area contributed by atoms with E-state index in [9.17, 15) is 9.90 Å². The molecule has 1 aliphatic carbocycles. The molecule has 0 bridgehead atoms. The number of nitrogens with zero attached hydrogens (tertiary/aromatic N) is 2. The van der Waals surface area contributed by atoms with Crippen molar-refractivity contribution < 1.29 is 9.90 Å². The molecule has 0 spiro atoms. The normalized spacial score (nSPS) is 31.6. The first kappa shape index (κ1) is 14.8. The highest BCUT2D eigenvalue weighted by molar-refractivity contribution is 5.80. The van der Waals surface area contributed by atoms with Crippen molar-refractivity contribution in [3.63, 3.8) is 0 Å². The average Bonchev–Trinajstić information content (AvgIpc) is 3.10. The van der Waals surface area contributed by atoms with E-state index in [1.54, 1.807) is 7.05 Å². The van der Waals surface area contributed by atoms with Crippen LogP contribution in [0.25, 0.3) is 0 Å². The standard InChI is InChI=1S/C14H27N3O2/c1-10-7-17(8-12(10)16(3)4)9-14(15-2,13(18)19)11-5-6-11/h10-12,15H,5-9H2,1-4H3,(H,18,19). The molecule has 2 N–H and O–H groups in total. The fourth-order valence-electron chi connectivity index (χ4n) is 3.54. The third kappa shape index (κ3) is 2.78. The molecule has 3 atom stereocenters. The number of likely N-dealkylation sites (N-methyl/N-ethyl adjacent to an activating group) is 2. The van der Waals surface area contributed by atoms with Crippen LogP contribution < -0.4 is 5.32 Å². The lowest BCUT2D eigenvalue weighted by Crippen LogP contribution is -2.59. The Bertz CT molecular complexity index is 344. The summed E-state index contributed by atoms with van der Waals surface area (Å²) in [6, 6.07) is 0.530. The van der Waals surface area contributed by atoms with Gasteiger partial charge in [0.15, 0.2) is 0 Å². The largest absolute Gasteiger partial charge is 0.480 e. The van der Waals surface area contributed by atoms with Crippen molar-refractivity contribution in [2.45, 2.75) is 31.3 Å². The molecule has 5 nitrogen and oxygen atoms in total. The molecular formula is C14H27N3O2. The summed E-state index contributed by atoms with van der Waals surface area (Å²) in [5, 5.41) is 12.7. The van der Waals surface area contributed by atoms with Gasteiger partial charge in [0, 0.05) is 25.7 Å². The maximum atomic E-state index is 11.7. The fraction of sp³-hybridized carbons (Fsp3) is 0.929. The van der Waals surface area contributed by atoms with E-state index in [1.165, 1.54) is 0 Å². The van der Waals surface area contributed by atoms with Gasteiger partial charge in [-0.15, -0.1) is 0 Å². The molecule has 1 heterocycles. The Kier molecular flexibility index (Phi) is 4.18. The van der Waals surface area contributed by atoms with E-state index < -0.39 is 11.5 Å². The number of aliphatic carboxylic acids is 1. The van der Waals surface area contributed by atoms with E-state index in [1.807, 2.05) is 0 Å². The van der Waals surface area contributed by atoms with Crippen molar-refractivity contribution in [2.75, 3.05) is 40.8 Å². The second kappa shape index (κ2) is 5.38. The minimum absolute atomic E-state index is 0.295. The molecule has 0 aromatic carbocycles. The Morgan fingerprint density at radius 1 is 1.42 bits per heavy atom. The van der Waals surface area contributed by atoms with Crippen molar-refractivity contribution in [2.24, 2.45) is 11.8 Å². The van der Waals surface area contributed by atoms with Crippen molar-refractivity contribution >= 4 is 5.97 Å². The molecule has 0 amide bonds. The highest BCUT2D eigenvalue weighted by atomic mass is 16.4. The zero-order valence-electron chi connectivity index (χ0n) is 12.5. The summed E-state index contributed by atoms with van der Waals surface area (Å²) >= 11 is 0. The lowest BCUT2D eigenvalue weighted by Gasteiger charge is -2.33. The van der Waals surface area contributed by atoms with Crippen LogP contribution in [-0.4, -0.2) is 73.2 Å². The fourth-order valence-corrected chi connectivity index (χ4v) is 3.54. The quantitative estimate of drug-likeness (QED) is 0.727. The molecule has 1 aliphatic heterocycles. The maximum absolute atomic E-state index is 11.7. The number of rotatable bonds is 6.